The van der Waals surface area contributed by atoms with E-state index in [0.717, 1.165) is 38.4 Å². The second kappa shape index (κ2) is 6.61. The smallest absolute Gasteiger partial charge is 0.124 e. The quantitative estimate of drug-likeness (QED) is 0.589. The Morgan fingerprint density at radius 1 is 1.35 bits per heavy atom. The van der Waals surface area contributed by atoms with E-state index in [9.17, 15) is 0 Å². The van der Waals surface area contributed by atoms with E-state index in [-0.39, 0.29) is 0 Å². The van der Waals surface area contributed by atoms with E-state index in [4.69, 9.17) is 5.73 Å². The van der Waals surface area contributed by atoms with Crippen molar-refractivity contribution in [1.29, 1.82) is 0 Å². The number of hydrogen-bond donors (Lipinski definition) is 3. The number of rotatable bonds is 8. The first-order valence-electron chi connectivity index (χ1n) is 6.60. The fraction of sp³-hybridized carbons (Fsp3) is 0.750. The molecule has 96 valence electrons. The zero-order valence-corrected chi connectivity index (χ0v) is 10.4. The normalized spacial score (nSPS) is 15.8. The predicted molar refractivity (Wildman–Crippen MR) is 70.1 cm³/mol. The van der Waals surface area contributed by atoms with Gasteiger partial charge in [-0.2, -0.15) is 5.10 Å². The van der Waals surface area contributed by atoms with Gasteiger partial charge in [0.2, 0.25) is 0 Å². The van der Waals surface area contributed by atoms with Gasteiger partial charge in [-0.1, -0.05) is 12.8 Å². The molecule has 1 aliphatic rings. The van der Waals surface area contributed by atoms with Crippen LogP contribution in [-0.4, -0.2) is 36.0 Å². The van der Waals surface area contributed by atoms with Crippen LogP contribution in [0.25, 0.3) is 0 Å². The maximum Gasteiger partial charge on any atom is 0.124 e. The van der Waals surface area contributed by atoms with E-state index in [1.165, 1.54) is 19.3 Å². The molecule has 0 unspecified atom stereocenters. The molecule has 5 nitrogen and oxygen atoms in total. The highest BCUT2D eigenvalue weighted by Crippen LogP contribution is 2.17. The van der Waals surface area contributed by atoms with Crippen LogP contribution in [0, 0.1) is 0 Å². The molecule has 1 fully saturated rings. The summed E-state index contributed by atoms with van der Waals surface area (Å²) in [6.07, 6.45) is 6.71. The van der Waals surface area contributed by atoms with E-state index in [1.54, 1.807) is 0 Å². The van der Waals surface area contributed by atoms with E-state index in [1.807, 2.05) is 6.20 Å². The summed E-state index contributed by atoms with van der Waals surface area (Å²) >= 11 is 0. The standard InChI is InChI=1S/C12H23N5/c13-6-3-1-2-4-7-15-12-5-8-16-17(12)11-9-14-10-11/h5,8,11,14-15H,1-4,6-7,9-10,13H2. The number of anilines is 1. The molecular weight excluding hydrogens is 214 g/mol. The first-order chi connectivity index (χ1) is 8.42. The van der Waals surface area contributed by atoms with Gasteiger partial charge in [-0.15, -0.1) is 0 Å². The average molecular weight is 237 g/mol. The van der Waals surface area contributed by atoms with E-state index < -0.39 is 0 Å². The lowest BCUT2D eigenvalue weighted by molar-refractivity contribution is 0.321. The van der Waals surface area contributed by atoms with Gasteiger partial charge in [0.05, 0.1) is 12.2 Å². The molecule has 1 aliphatic heterocycles. The van der Waals surface area contributed by atoms with Crippen LogP contribution in [0.3, 0.4) is 0 Å². The topological polar surface area (TPSA) is 67.9 Å². The highest BCUT2D eigenvalue weighted by atomic mass is 15.4. The highest BCUT2D eigenvalue weighted by Gasteiger charge is 2.21. The van der Waals surface area contributed by atoms with Crippen molar-refractivity contribution in [3.05, 3.63) is 12.3 Å². The van der Waals surface area contributed by atoms with Crippen LogP contribution in [0.5, 0.6) is 0 Å². The summed E-state index contributed by atoms with van der Waals surface area (Å²) in [5.41, 5.74) is 5.46. The Morgan fingerprint density at radius 2 is 2.18 bits per heavy atom. The summed E-state index contributed by atoms with van der Waals surface area (Å²) in [4.78, 5) is 0. The molecule has 0 saturated carbocycles. The van der Waals surface area contributed by atoms with Gasteiger partial charge in [0.1, 0.15) is 5.82 Å². The zero-order valence-electron chi connectivity index (χ0n) is 10.4. The van der Waals surface area contributed by atoms with Gasteiger partial charge in [0, 0.05) is 25.7 Å². The number of aromatic nitrogens is 2. The van der Waals surface area contributed by atoms with Crippen LogP contribution in [-0.2, 0) is 0 Å². The lowest BCUT2D eigenvalue weighted by atomic mass is 10.2. The minimum Gasteiger partial charge on any atom is -0.370 e. The first kappa shape index (κ1) is 12.4. The highest BCUT2D eigenvalue weighted by molar-refractivity contribution is 5.34. The van der Waals surface area contributed by atoms with Gasteiger partial charge in [0.25, 0.3) is 0 Å². The van der Waals surface area contributed by atoms with Crippen molar-refractivity contribution in [3.63, 3.8) is 0 Å². The minimum absolute atomic E-state index is 0.532. The Hall–Kier alpha value is -1.07. The van der Waals surface area contributed by atoms with Crippen LogP contribution in [0.2, 0.25) is 0 Å². The van der Waals surface area contributed by atoms with Crippen LogP contribution >= 0.6 is 0 Å². The molecule has 17 heavy (non-hydrogen) atoms. The molecule has 1 aromatic heterocycles. The first-order valence-corrected chi connectivity index (χ1v) is 6.60. The Morgan fingerprint density at radius 3 is 2.88 bits per heavy atom. The van der Waals surface area contributed by atoms with Crippen molar-refractivity contribution >= 4 is 5.82 Å². The third kappa shape index (κ3) is 3.44. The number of nitrogens with zero attached hydrogens (tertiary/aromatic N) is 2. The molecule has 0 amide bonds. The summed E-state index contributed by atoms with van der Waals surface area (Å²) in [7, 11) is 0. The molecule has 0 aromatic carbocycles. The zero-order chi connectivity index (χ0) is 11.9. The Bertz CT molecular complexity index is 318. The summed E-state index contributed by atoms with van der Waals surface area (Å²) in [6, 6.07) is 2.59. The van der Waals surface area contributed by atoms with Gasteiger partial charge >= 0.3 is 0 Å². The monoisotopic (exact) mass is 237 g/mol. The molecule has 2 heterocycles. The van der Waals surface area contributed by atoms with Crippen molar-refractivity contribution in [3.8, 4) is 0 Å². The Kier molecular flexibility index (Phi) is 4.82. The third-order valence-electron chi connectivity index (χ3n) is 3.21. The molecule has 0 spiro atoms. The second-order valence-corrected chi connectivity index (χ2v) is 4.60. The average Bonchev–Trinajstić information content (AvgIpc) is 2.69. The summed E-state index contributed by atoms with van der Waals surface area (Å²) in [5, 5.41) is 11.1. The molecule has 0 bridgehead atoms. The largest absolute Gasteiger partial charge is 0.370 e. The SMILES string of the molecule is NCCCCCCNc1ccnn1C1CNC1. The number of hydrogen-bond acceptors (Lipinski definition) is 4. The molecule has 5 heteroatoms. The maximum absolute atomic E-state index is 5.46. The van der Waals surface area contributed by atoms with E-state index in [0.29, 0.717) is 6.04 Å². The molecule has 0 atom stereocenters. The molecule has 0 radical (unpaired) electrons. The lowest BCUT2D eigenvalue weighted by Crippen LogP contribution is -2.44. The summed E-state index contributed by atoms with van der Waals surface area (Å²) in [6.45, 7) is 3.91. The second-order valence-electron chi connectivity index (χ2n) is 4.60. The van der Waals surface area contributed by atoms with E-state index >= 15 is 0 Å². The molecular formula is C12H23N5. The van der Waals surface area contributed by atoms with Gasteiger partial charge in [-0.05, 0) is 19.4 Å². The van der Waals surface area contributed by atoms with Gasteiger partial charge in [-0.3, -0.25) is 0 Å². The molecule has 0 aliphatic carbocycles. The van der Waals surface area contributed by atoms with Crippen LogP contribution in [0.4, 0.5) is 5.82 Å². The number of nitrogens with two attached hydrogens (primary N) is 1. The molecule has 1 saturated heterocycles. The van der Waals surface area contributed by atoms with Crippen molar-refractivity contribution in [2.45, 2.75) is 31.7 Å². The minimum atomic E-state index is 0.532. The van der Waals surface area contributed by atoms with Crippen molar-refractivity contribution in [1.82, 2.24) is 15.1 Å². The van der Waals surface area contributed by atoms with Crippen LogP contribution in [0.1, 0.15) is 31.7 Å². The van der Waals surface area contributed by atoms with Crippen molar-refractivity contribution in [2.75, 3.05) is 31.5 Å². The van der Waals surface area contributed by atoms with E-state index in [2.05, 4.69) is 26.5 Å². The molecule has 4 N–H and O–H groups in total. The maximum atomic E-state index is 5.46. The Labute approximate surface area is 103 Å². The predicted octanol–water partition coefficient (Wildman–Crippen LogP) is 0.958. The lowest BCUT2D eigenvalue weighted by Gasteiger charge is -2.28. The van der Waals surface area contributed by atoms with Gasteiger partial charge in [0.15, 0.2) is 0 Å². The number of unbranched alkanes of at least 4 members (excludes halogenated alkanes) is 3. The fourth-order valence-corrected chi connectivity index (χ4v) is 2.03. The summed E-state index contributed by atoms with van der Waals surface area (Å²) in [5.74, 6) is 1.15. The van der Waals surface area contributed by atoms with Gasteiger partial charge < -0.3 is 16.4 Å². The van der Waals surface area contributed by atoms with Crippen molar-refractivity contribution < 1.29 is 0 Å². The fourth-order valence-electron chi connectivity index (χ4n) is 2.03. The molecule has 1 aromatic rings. The number of nitrogens with one attached hydrogen (secondary N) is 2. The third-order valence-corrected chi connectivity index (χ3v) is 3.21. The summed E-state index contributed by atoms with van der Waals surface area (Å²) < 4.78 is 2.09. The van der Waals surface area contributed by atoms with Crippen LogP contribution < -0.4 is 16.4 Å². The molecule has 2 rings (SSSR count). The van der Waals surface area contributed by atoms with Crippen LogP contribution in [0.15, 0.2) is 12.3 Å². The van der Waals surface area contributed by atoms with Crippen molar-refractivity contribution in [2.24, 2.45) is 5.73 Å². The van der Waals surface area contributed by atoms with Gasteiger partial charge in [-0.25, -0.2) is 4.68 Å². The Balaban J connectivity index is 1.66.